The summed E-state index contributed by atoms with van der Waals surface area (Å²) in [7, 11) is -4.09. The van der Waals surface area contributed by atoms with Crippen molar-refractivity contribution in [2.24, 2.45) is 0 Å². The Morgan fingerprint density at radius 3 is 2.44 bits per heavy atom. The molecule has 0 atom stereocenters. The van der Waals surface area contributed by atoms with Crippen LogP contribution in [0.2, 0.25) is 5.02 Å². The van der Waals surface area contributed by atoms with Crippen LogP contribution in [0.4, 0.5) is 11.4 Å². The summed E-state index contributed by atoms with van der Waals surface area (Å²) in [5.41, 5.74) is 0.174. The minimum Gasteiger partial charge on any atom is -0.279 e. The molecule has 0 unspecified atom stereocenters. The van der Waals surface area contributed by atoms with Crippen LogP contribution in [-0.4, -0.2) is 23.7 Å². The van der Waals surface area contributed by atoms with Crippen molar-refractivity contribution in [3.05, 3.63) is 63.7 Å². The summed E-state index contributed by atoms with van der Waals surface area (Å²) in [5.74, 6) is 0. The Kier molecular flexibility index (Phi) is 3.93. The van der Waals surface area contributed by atoms with Crippen LogP contribution in [-0.2, 0) is 10.0 Å². The quantitative estimate of drug-likeness (QED) is 0.405. The Labute approximate surface area is 156 Å². The minimum absolute atomic E-state index is 0.0128. The number of hydrogen-bond acceptors (Lipinski definition) is 7. The molecule has 1 N–H and O–H groups in total. The lowest BCUT2D eigenvalue weighted by Crippen LogP contribution is -2.14. The lowest BCUT2D eigenvalue weighted by molar-refractivity contribution is -0.383. The zero-order chi connectivity index (χ0) is 19.2. The van der Waals surface area contributed by atoms with E-state index < -0.39 is 14.9 Å². The molecule has 0 aliphatic heterocycles. The molecule has 0 aliphatic carbocycles. The second-order valence-electron chi connectivity index (χ2n) is 5.55. The van der Waals surface area contributed by atoms with Gasteiger partial charge in [-0.1, -0.05) is 29.8 Å². The third-order valence-corrected chi connectivity index (χ3v) is 5.66. The fourth-order valence-corrected chi connectivity index (χ4v) is 4.16. The maximum atomic E-state index is 12.9. The van der Waals surface area contributed by atoms with Gasteiger partial charge in [-0.2, -0.15) is 0 Å². The molecule has 0 amide bonds. The molecule has 136 valence electrons. The smallest absolute Gasteiger partial charge is 0.277 e. The first-order chi connectivity index (χ1) is 12.9. The van der Waals surface area contributed by atoms with Crippen molar-refractivity contribution in [1.82, 2.24) is 10.3 Å². The summed E-state index contributed by atoms with van der Waals surface area (Å²) in [4.78, 5) is 10.5. The minimum atomic E-state index is -4.09. The number of rotatable bonds is 4. The van der Waals surface area contributed by atoms with Crippen molar-refractivity contribution in [1.29, 1.82) is 0 Å². The van der Waals surface area contributed by atoms with Crippen LogP contribution in [0.1, 0.15) is 0 Å². The zero-order valence-corrected chi connectivity index (χ0v) is 14.9. The second-order valence-corrected chi connectivity index (χ2v) is 7.61. The van der Waals surface area contributed by atoms with Gasteiger partial charge in [-0.25, -0.2) is 13.0 Å². The molecule has 9 nitrogen and oxygen atoms in total. The van der Waals surface area contributed by atoms with Crippen molar-refractivity contribution >= 4 is 54.8 Å². The molecule has 0 spiro atoms. The van der Waals surface area contributed by atoms with Crippen LogP contribution >= 0.6 is 11.6 Å². The summed E-state index contributed by atoms with van der Waals surface area (Å²) < 4.78 is 32.8. The molecule has 1 heterocycles. The first-order valence-corrected chi connectivity index (χ1v) is 9.34. The molecule has 4 aromatic rings. The number of nitro groups is 1. The SMILES string of the molecule is O=[N+]([O-])c1ccc(NS(=O)(=O)c2ccc(Cl)c3nonc23)c2ccccc12. The van der Waals surface area contributed by atoms with E-state index in [-0.39, 0.29) is 32.3 Å². The van der Waals surface area contributed by atoms with Gasteiger partial charge in [0.1, 0.15) is 4.90 Å². The molecule has 0 saturated carbocycles. The summed E-state index contributed by atoms with van der Waals surface area (Å²) >= 11 is 5.96. The van der Waals surface area contributed by atoms with Gasteiger partial charge < -0.3 is 0 Å². The van der Waals surface area contributed by atoms with E-state index in [1.165, 1.54) is 24.3 Å². The molecule has 0 fully saturated rings. The molecule has 0 bridgehead atoms. The summed E-state index contributed by atoms with van der Waals surface area (Å²) in [5, 5.41) is 19.3. The largest absolute Gasteiger partial charge is 0.279 e. The number of benzene rings is 3. The Morgan fingerprint density at radius 2 is 1.70 bits per heavy atom. The first-order valence-electron chi connectivity index (χ1n) is 7.48. The fraction of sp³-hybridized carbons (Fsp3) is 0. The normalized spacial score (nSPS) is 11.7. The maximum absolute atomic E-state index is 12.9. The molecule has 4 rings (SSSR count). The average molecular weight is 405 g/mol. The lowest BCUT2D eigenvalue weighted by Gasteiger charge is -2.11. The molecule has 0 radical (unpaired) electrons. The van der Waals surface area contributed by atoms with Gasteiger partial charge in [0, 0.05) is 11.5 Å². The highest BCUT2D eigenvalue weighted by Crippen LogP contribution is 2.33. The number of nitrogens with one attached hydrogen (secondary N) is 1. The molecule has 3 aromatic carbocycles. The molecular weight excluding hydrogens is 396 g/mol. The fourth-order valence-electron chi connectivity index (χ4n) is 2.76. The molecule has 27 heavy (non-hydrogen) atoms. The highest BCUT2D eigenvalue weighted by Gasteiger charge is 2.24. The summed E-state index contributed by atoms with van der Waals surface area (Å²) in [6.07, 6.45) is 0. The number of halogens is 1. The zero-order valence-electron chi connectivity index (χ0n) is 13.3. The average Bonchev–Trinajstić information content (AvgIpc) is 3.12. The van der Waals surface area contributed by atoms with Crippen molar-refractivity contribution < 1.29 is 18.0 Å². The van der Waals surface area contributed by atoms with E-state index in [0.717, 1.165) is 0 Å². The van der Waals surface area contributed by atoms with E-state index in [9.17, 15) is 18.5 Å². The molecule has 1 aromatic heterocycles. The Morgan fingerprint density at radius 1 is 1.00 bits per heavy atom. The van der Waals surface area contributed by atoms with Gasteiger partial charge in [0.05, 0.1) is 21.0 Å². The van der Waals surface area contributed by atoms with Crippen LogP contribution in [0.25, 0.3) is 21.8 Å². The molecule has 0 aliphatic rings. The number of hydrogen-bond donors (Lipinski definition) is 1. The number of aromatic nitrogens is 2. The summed E-state index contributed by atoms with van der Waals surface area (Å²) in [6.45, 7) is 0. The first kappa shape index (κ1) is 17.2. The van der Waals surface area contributed by atoms with Crippen LogP contribution < -0.4 is 4.72 Å². The van der Waals surface area contributed by atoms with Crippen LogP contribution in [0, 0.1) is 10.1 Å². The van der Waals surface area contributed by atoms with E-state index in [0.29, 0.717) is 10.8 Å². The van der Waals surface area contributed by atoms with E-state index >= 15 is 0 Å². The predicted octanol–water partition coefficient (Wildman–Crippen LogP) is 3.74. The molecular formula is C16H9ClN4O5S. The number of nitrogens with zero attached hydrogens (tertiary/aromatic N) is 3. The van der Waals surface area contributed by atoms with Crippen molar-refractivity contribution in [2.75, 3.05) is 4.72 Å². The molecule has 0 saturated heterocycles. The van der Waals surface area contributed by atoms with Crippen LogP contribution in [0.15, 0.2) is 58.1 Å². The Hall–Kier alpha value is -3.24. The van der Waals surface area contributed by atoms with Crippen molar-refractivity contribution in [2.45, 2.75) is 4.90 Å². The van der Waals surface area contributed by atoms with E-state index in [1.54, 1.807) is 24.3 Å². The van der Waals surface area contributed by atoms with Crippen LogP contribution in [0.3, 0.4) is 0 Å². The van der Waals surface area contributed by atoms with Gasteiger partial charge in [-0.05, 0) is 34.6 Å². The number of anilines is 1. The van der Waals surface area contributed by atoms with E-state index in [1.807, 2.05) is 0 Å². The van der Waals surface area contributed by atoms with Gasteiger partial charge in [-0.3, -0.25) is 14.8 Å². The van der Waals surface area contributed by atoms with E-state index in [2.05, 4.69) is 19.7 Å². The Balaban J connectivity index is 1.86. The predicted molar refractivity (Wildman–Crippen MR) is 98.2 cm³/mol. The van der Waals surface area contributed by atoms with E-state index in [4.69, 9.17) is 11.6 Å². The number of non-ortho nitro benzene ring substituents is 1. The lowest BCUT2D eigenvalue weighted by atomic mass is 10.1. The van der Waals surface area contributed by atoms with Gasteiger partial charge in [0.2, 0.25) is 0 Å². The second kappa shape index (κ2) is 6.18. The van der Waals surface area contributed by atoms with Crippen molar-refractivity contribution in [3.63, 3.8) is 0 Å². The highest BCUT2D eigenvalue weighted by atomic mass is 35.5. The number of fused-ring (bicyclic) bond motifs is 2. The standard InChI is InChI=1S/C16H9ClN4O5S/c17-11-5-8-14(16-15(11)18-26-19-16)27(24,25)20-12-6-7-13(21(22)23)10-4-2-1-3-9(10)12/h1-8,20H. The third kappa shape index (κ3) is 2.84. The van der Waals surface area contributed by atoms with Gasteiger partial charge in [0.25, 0.3) is 15.7 Å². The van der Waals surface area contributed by atoms with Crippen LogP contribution in [0.5, 0.6) is 0 Å². The summed E-state index contributed by atoms with van der Waals surface area (Å²) in [6, 6.07) is 11.7. The maximum Gasteiger partial charge on any atom is 0.277 e. The van der Waals surface area contributed by atoms with Gasteiger partial charge >= 0.3 is 0 Å². The third-order valence-electron chi connectivity index (χ3n) is 3.96. The topological polar surface area (TPSA) is 128 Å². The van der Waals surface area contributed by atoms with Gasteiger partial charge in [0.15, 0.2) is 11.0 Å². The molecule has 11 heteroatoms. The number of sulfonamides is 1. The van der Waals surface area contributed by atoms with Crippen molar-refractivity contribution in [3.8, 4) is 0 Å². The number of nitro benzene ring substituents is 1. The Bertz CT molecular complexity index is 1320. The highest BCUT2D eigenvalue weighted by molar-refractivity contribution is 7.93. The van der Waals surface area contributed by atoms with Gasteiger partial charge in [-0.15, -0.1) is 0 Å². The monoisotopic (exact) mass is 404 g/mol.